The second kappa shape index (κ2) is 5.79. The van der Waals surface area contributed by atoms with Crippen LogP contribution in [0.25, 0.3) is 22.6 Å². The lowest BCUT2D eigenvalue weighted by atomic mass is 10.2. The molecule has 6 heteroatoms. The number of nitrogens with zero attached hydrogens (tertiary/aromatic N) is 5. The molecule has 0 radical (unpaired) electrons. The summed E-state index contributed by atoms with van der Waals surface area (Å²) in [6.45, 7) is 10.8. The number of hydrogen-bond acceptors (Lipinski definition) is 3. The first kappa shape index (κ1) is 14.6. The molecule has 116 valence electrons. The molecule has 0 aliphatic heterocycles. The van der Waals surface area contributed by atoms with Crippen molar-refractivity contribution in [1.29, 1.82) is 0 Å². The Morgan fingerprint density at radius 3 is 3.00 bits per heavy atom. The lowest BCUT2D eigenvalue weighted by molar-refractivity contribution is 0.466. The summed E-state index contributed by atoms with van der Waals surface area (Å²) in [6.07, 6.45) is 7.91. The van der Waals surface area contributed by atoms with Gasteiger partial charge in [-0.3, -0.25) is 4.68 Å². The molecule has 0 amide bonds. The van der Waals surface area contributed by atoms with E-state index in [2.05, 4.69) is 35.6 Å². The molecule has 3 heterocycles. The zero-order valence-electron chi connectivity index (χ0n) is 13.4. The minimum atomic E-state index is 0.350. The molecular formula is C16H22N6. The van der Waals surface area contributed by atoms with Crippen molar-refractivity contribution in [3.63, 3.8) is 0 Å². The summed E-state index contributed by atoms with van der Waals surface area (Å²) >= 11 is 0. The average Bonchev–Trinajstić information content (AvgIpc) is 3.12. The quantitative estimate of drug-likeness (QED) is 0.709. The van der Waals surface area contributed by atoms with Gasteiger partial charge in [-0.15, -0.1) is 6.58 Å². The smallest absolute Gasteiger partial charge is 0.177 e. The van der Waals surface area contributed by atoms with E-state index in [1.54, 1.807) is 0 Å². The Balaban J connectivity index is 2.00. The third-order valence-electron chi connectivity index (χ3n) is 3.88. The molecule has 0 aliphatic rings. The van der Waals surface area contributed by atoms with Gasteiger partial charge in [0, 0.05) is 6.20 Å². The molecule has 0 saturated heterocycles. The van der Waals surface area contributed by atoms with E-state index in [0.717, 1.165) is 41.1 Å². The molecule has 0 aromatic carbocycles. The number of rotatable bonds is 6. The minimum Gasteiger partial charge on any atom is -0.335 e. The summed E-state index contributed by atoms with van der Waals surface area (Å²) < 4.78 is 3.87. The summed E-state index contributed by atoms with van der Waals surface area (Å²) in [4.78, 5) is 8.10. The van der Waals surface area contributed by atoms with E-state index < -0.39 is 0 Å². The maximum absolute atomic E-state index is 4.75. The largest absolute Gasteiger partial charge is 0.335 e. The Morgan fingerprint density at radius 1 is 1.45 bits per heavy atom. The molecule has 3 rings (SSSR count). The molecule has 0 spiro atoms. The van der Waals surface area contributed by atoms with Crippen LogP contribution < -0.4 is 0 Å². The number of aromatic nitrogens is 6. The molecule has 3 aromatic heterocycles. The standard InChI is InChI=1S/C16H22N6/c1-5-7-11(3)22-16-14(9-17-22)18-15(19-16)13-10-21(8-6-2)20-12(13)4/h6,9-11H,2,5,7-8H2,1,3-4H3,(H,18,19). The maximum atomic E-state index is 4.75. The number of aryl methyl sites for hydroxylation is 1. The average molecular weight is 298 g/mol. The number of nitrogens with one attached hydrogen (secondary N) is 1. The van der Waals surface area contributed by atoms with Gasteiger partial charge in [-0.2, -0.15) is 10.2 Å². The van der Waals surface area contributed by atoms with Crippen LogP contribution >= 0.6 is 0 Å². The van der Waals surface area contributed by atoms with Crippen molar-refractivity contribution < 1.29 is 0 Å². The Labute approximate surface area is 129 Å². The highest BCUT2D eigenvalue weighted by Crippen LogP contribution is 2.25. The number of imidazole rings is 1. The SMILES string of the molecule is C=CCn1cc(-c2nc3c(cnn3C(C)CCC)[nH]2)c(C)n1. The van der Waals surface area contributed by atoms with Gasteiger partial charge in [-0.25, -0.2) is 9.67 Å². The van der Waals surface area contributed by atoms with E-state index in [0.29, 0.717) is 12.6 Å². The zero-order chi connectivity index (χ0) is 15.7. The summed E-state index contributed by atoms with van der Waals surface area (Å²) in [5.41, 5.74) is 3.85. The van der Waals surface area contributed by atoms with E-state index in [-0.39, 0.29) is 0 Å². The molecule has 1 N–H and O–H groups in total. The third-order valence-corrected chi connectivity index (χ3v) is 3.88. The lowest BCUT2D eigenvalue weighted by Gasteiger charge is -2.10. The zero-order valence-corrected chi connectivity index (χ0v) is 13.4. The van der Waals surface area contributed by atoms with Gasteiger partial charge in [-0.1, -0.05) is 19.4 Å². The molecular weight excluding hydrogens is 276 g/mol. The summed E-state index contributed by atoms with van der Waals surface area (Å²) in [5, 5.41) is 8.94. The number of hydrogen-bond donors (Lipinski definition) is 1. The summed E-state index contributed by atoms with van der Waals surface area (Å²) in [6, 6.07) is 0.350. The van der Waals surface area contributed by atoms with Gasteiger partial charge in [0.15, 0.2) is 5.65 Å². The number of allylic oxidation sites excluding steroid dienone is 1. The fraction of sp³-hybridized carbons (Fsp3) is 0.438. The second-order valence-electron chi connectivity index (χ2n) is 5.69. The fourth-order valence-electron chi connectivity index (χ4n) is 2.78. The van der Waals surface area contributed by atoms with Crippen molar-refractivity contribution in [3.8, 4) is 11.4 Å². The molecule has 0 bridgehead atoms. The Hall–Kier alpha value is -2.37. The van der Waals surface area contributed by atoms with Crippen LogP contribution in [0.5, 0.6) is 0 Å². The van der Waals surface area contributed by atoms with Crippen molar-refractivity contribution in [2.75, 3.05) is 0 Å². The van der Waals surface area contributed by atoms with Gasteiger partial charge in [0.25, 0.3) is 0 Å². The molecule has 0 saturated carbocycles. The van der Waals surface area contributed by atoms with E-state index in [4.69, 9.17) is 4.98 Å². The van der Waals surface area contributed by atoms with E-state index in [1.807, 2.05) is 34.8 Å². The van der Waals surface area contributed by atoms with E-state index >= 15 is 0 Å². The van der Waals surface area contributed by atoms with Crippen molar-refractivity contribution in [3.05, 3.63) is 30.7 Å². The highest BCUT2D eigenvalue weighted by molar-refractivity contribution is 5.76. The molecule has 6 nitrogen and oxygen atoms in total. The van der Waals surface area contributed by atoms with Gasteiger partial charge in [0.1, 0.15) is 11.3 Å². The van der Waals surface area contributed by atoms with Gasteiger partial charge in [-0.05, 0) is 20.3 Å². The van der Waals surface area contributed by atoms with Gasteiger partial charge < -0.3 is 4.98 Å². The van der Waals surface area contributed by atoms with Crippen LogP contribution in [0.1, 0.15) is 38.4 Å². The number of fused-ring (bicyclic) bond motifs is 1. The van der Waals surface area contributed by atoms with Crippen LogP contribution in [0.2, 0.25) is 0 Å². The molecule has 1 unspecified atom stereocenters. The van der Waals surface area contributed by atoms with E-state index in [1.165, 1.54) is 0 Å². The fourth-order valence-corrected chi connectivity index (χ4v) is 2.78. The topological polar surface area (TPSA) is 64.3 Å². The van der Waals surface area contributed by atoms with Gasteiger partial charge in [0.05, 0.1) is 30.0 Å². The van der Waals surface area contributed by atoms with Crippen LogP contribution in [0, 0.1) is 6.92 Å². The van der Waals surface area contributed by atoms with Crippen molar-refractivity contribution in [2.45, 2.75) is 46.2 Å². The van der Waals surface area contributed by atoms with Crippen LogP contribution in [0.15, 0.2) is 25.0 Å². The predicted molar refractivity (Wildman–Crippen MR) is 87.7 cm³/mol. The first-order valence-corrected chi connectivity index (χ1v) is 7.72. The molecule has 1 atom stereocenters. The normalized spacial score (nSPS) is 12.9. The first-order valence-electron chi connectivity index (χ1n) is 7.72. The predicted octanol–water partition coefficient (Wildman–Crippen LogP) is 3.48. The molecule has 22 heavy (non-hydrogen) atoms. The van der Waals surface area contributed by atoms with Crippen molar-refractivity contribution in [1.82, 2.24) is 29.5 Å². The highest BCUT2D eigenvalue weighted by atomic mass is 15.3. The van der Waals surface area contributed by atoms with Crippen LogP contribution in [0.4, 0.5) is 0 Å². The monoisotopic (exact) mass is 298 g/mol. The Morgan fingerprint density at radius 2 is 2.27 bits per heavy atom. The lowest BCUT2D eigenvalue weighted by Crippen LogP contribution is -2.06. The van der Waals surface area contributed by atoms with Crippen molar-refractivity contribution >= 4 is 11.2 Å². The second-order valence-corrected chi connectivity index (χ2v) is 5.69. The number of H-pyrrole nitrogens is 1. The van der Waals surface area contributed by atoms with Crippen LogP contribution in [-0.4, -0.2) is 29.5 Å². The summed E-state index contributed by atoms with van der Waals surface area (Å²) in [5.74, 6) is 0.845. The third kappa shape index (κ3) is 2.45. The molecule has 3 aromatic rings. The van der Waals surface area contributed by atoms with Gasteiger partial charge >= 0.3 is 0 Å². The van der Waals surface area contributed by atoms with Crippen LogP contribution in [-0.2, 0) is 6.54 Å². The maximum Gasteiger partial charge on any atom is 0.177 e. The van der Waals surface area contributed by atoms with Gasteiger partial charge in [0.2, 0.25) is 0 Å². The Bertz CT molecular complexity index is 791. The highest BCUT2D eigenvalue weighted by Gasteiger charge is 2.16. The molecule has 0 fully saturated rings. The summed E-state index contributed by atoms with van der Waals surface area (Å²) in [7, 11) is 0. The Kier molecular flexibility index (Phi) is 3.83. The van der Waals surface area contributed by atoms with Crippen LogP contribution in [0.3, 0.4) is 0 Å². The molecule has 0 aliphatic carbocycles. The number of aromatic amines is 1. The van der Waals surface area contributed by atoms with E-state index in [9.17, 15) is 0 Å². The minimum absolute atomic E-state index is 0.350. The van der Waals surface area contributed by atoms with Crippen molar-refractivity contribution in [2.24, 2.45) is 0 Å². The first-order chi connectivity index (χ1) is 10.6.